The minimum absolute atomic E-state index is 0.207. The van der Waals surface area contributed by atoms with Crippen LogP contribution in [-0.2, 0) is 14.8 Å². The second-order valence-electron chi connectivity index (χ2n) is 7.94. The lowest BCUT2D eigenvalue weighted by Crippen LogP contribution is -2.41. The Morgan fingerprint density at radius 3 is 2.34 bits per heavy atom. The maximum atomic E-state index is 12.9. The van der Waals surface area contributed by atoms with Crippen LogP contribution in [0.3, 0.4) is 0 Å². The van der Waals surface area contributed by atoms with Crippen molar-refractivity contribution < 1.29 is 22.3 Å². The van der Waals surface area contributed by atoms with Crippen LogP contribution in [0.5, 0.6) is 5.75 Å². The highest BCUT2D eigenvalue weighted by molar-refractivity contribution is 7.89. The van der Waals surface area contributed by atoms with Gasteiger partial charge in [-0.3, -0.25) is 9.69 Å². The van der Waals surface area contributed by atoms with Crippen LogP contribution in [0.2, 0.25) is 0 Å². The van der Waals surface area contributed by atoms with Gasteiger partial charge in [0.2, 0.25) is 15.9 Å². The summed E-state index contributed by atoms with van der Waals surface area (Å²) in [4.78, 5) is 14.7. The topological polar surface area (TPSA) is 79.0 Å². The van der Waals surface area contributed by atoms with Crippen LogP contribution >= 0.6 is 0 Å². The van der Waals surface area contributed by atoms with E-state index in [9.17, 15) is 17.6 Å². The maximum Gasteiger partial charge on any atom is 0.243 e. The van der Waals surface area contributed by atoms with E-state index in [1.54, 1.807) is 31.2 Å². The van der Waals surface area contributed by atoms with Crippen molar-refractivity contribution in [2.45, 2.75) is 37.1 Å². The van der Waals surface area contributed by atoms with E-state index in [0.717, 1.165) is 19.3 Å². The van der Waals surface area contributed by atoms with E-state index >= 15 is 0 Å². The number of piperidine rings is 1. The molecule has 0 saturated carbocycles. The van der Waals surface area contributed by atoms with E-state index in [1.807, 2.05) is 11.9 Å². The number of amides is 1. The molecule has 3 rings (SSSR count). The minimum Gasteiger partial charge on any atom is -0.492 e. The fourth-order valence-corrected chi connectivity index (χ4v) is 4.96. The first-order chi connectivity index (χ1) is 15.3. The van der Waals surface area contributed by atoms with Crippen LogP contribution in [0.4, 0.5) is 10.1 Å². The summed E-state index contributed by atoms with van der Waals surface area (Å²) >= 11 is 0. The maximum absolute atomic E-state index is 12.9. The molecule has 0 radical (unpaired) electrons. The molecule has 1 aliphatic rings. The Labute approximate surface area is 189 Å². The first kappa shape index (κ1) is 24.2. The highest BCUT2D eigenvalue weighted by Crippen LogP contribution is 2.22. The van der Waals surface area contributed by atoms with Gasteiger partial charge in [-0.1, -0.05) is 6.42 Å². The molecule has 1 aliphatic heterocycles. The first-order valence-electron chi connectivity index (χ1n) is 10.8. The second kappa shape index (κ2) is 10.9. The van der Waals surface area contributed by atoms with Gasteiger partial charge in [-0.2, -0.15) is 4.31 Å². The highest BCUT2D eigenvalue weighted by atomic mass is 32.2. The van der Waals surface area contributed by atoms with Gasteiger partial charge >= 0.3 is 0 Å². The van der Waals surface area contributed by atoms with Crippen molar-refractivity contribution in [3.63, 3.8) is 0 Å². The fraction of sp³-hybridized carbons (Fsp3) is 0.435. The summed E-state index contributed by atoms with van der Waals surface area (Å²) in [6, 6.07) is 11.6. The number of carbonyl (C=O) groups excluding carboxylic acids is 1. The number of hydrogen-bond acceptors (Lipinski definition) is 5. The minimum atomic E-state index is -3.49. The quantitative estimate of drug-likeness (QED) is 0.617. The molecule has 1 saturated heterocycles. The van der Waals surface area contributed by atoms with Crippen molar-refractivity contribution in [3.05, 3.63) is 54.3 Å². The molecule has 2 aromatic carbocycles. The van der Waals surface area contributed by atoms with Gasteiger partial charge in [0.15, 0.2) is 0 Å². The van der Waals surface area contributed by atoms with Gasteiger partial charge < -0.3 is 10.1 Å². The largest absolute Gasteiger partial charge is 0.492 e. The van der Waals surface area contributed by atoms with Gasteiger partial charge in [0, 0.05) is 25.3 Å². The van der Waals surface area contributed by atoms with Crippen LogP contribution in [0.1, 0.15) is 26.2 Å². The average Bonchev–Trinajstić information content (AvgIpc) is 2.80. The third kappa shape index (κ3) is 6.27. The SMILES string of the molecule is CC(C(=O)Nc1ccc(S(=O)(=O)N2CCCCC2)cc1)N(C)CCOc1ccc(F)cc1. The lowest BCUT2D eigenvalue weighted by molar-refractivity contribution is -0.120. The van der Waals surface area contributed by atoms with Gasteiger partial charge in [0.1, 0.15) is 18.2 Å². The molecule has 1 heterocycles. The smallest absolute Gasteiger partial charge is 0.243 e. The molecule has 32 heavy (non-hydrogen) atoms. The fourth-order valence-electron chi connectivity index (χ4n) is 3.44. The zero-order chi connectivity index (χ0) is 23.1. The number of ether oxygens (including phenoxy) is 1. The molecule has 174 valence electrons. The standard InChI is InChI=1S/C23H30FN3O4S/c1-18(26(2)16-17-31-21-10-6-19(24)7-11-21)23(28)25-20-8-12-22(13-9-20)32(29,30)27-14-4-3-5-15-27/h6-13,18H,3-5,14-17H2,1-2H3,(H,25,28). The molecular formula is C23H30FN3O4S. The third-order valence-electron chi connectivity index (χ3n) is 5.64. The number of carbonyl (C=O) groups is 1. The number of sulfonamides is 1. The van der Waals surface area contributed by atoms with Crippen LogP contribution in [0, 0.1) is 5.82 Å². The molecule has 0 aromatic heterocycles. The molecule has 0 aliphatic carbocycles. The van der Waals surface area contributed by atoms with E-state index in [0.29, 0.717) is 37.7 Å². The third-order valence-corrected chi connectivity index (χ3v) is 7.55. The summed E-state index contributed by atoms with van der Waals surface area (Å²) in [6.07, 6.45) is 2.82. The Morgan fingerprint density at radius 1 is 1.09 bits per heavy atom. The van der Waals surface area contributed by atoms with Crippen molar-refractivity contribution in [1.82, 2.24) is 9.21 Å². The summed E-state index contributed by atoms with van der Waals surface area (Å²) in [6.45, 7) is 3.73. The van der Waals surface area contributed by atoms with E-state index in [-0.39, 0.29) is 16.6 Å². The Balaban J connectivity index is 1.50. The lowest BCUT2D eigenvalue weighted by Gasteiger charge is -2.26. The lowest BCUT2D eigenvalue weighted by atomic mass is 10.2. The van der Waals surface area contributed by atoms with E-state index in [4.69, 9.17) is 4.74 Å². The summed E-state index contributed by atoms with van der Waals surface area (Å²) in [5.74, 6) is 0.0364. The summed E-state index contributed by atoms with van der Waals surface area (Å²) < 4.78 is 45.5. The van der Waals surface area contributed by atoms with Crippen LogP contribution < -0.4 is 10.1 Å². The number of anilines is 1. The number of likely N-dealkylation sites (N-methyl/N-ethyl adjacent to an activating group) is 1. The molecule has 1 fully saturated rings. The molecule has 2 aromatic rings. The Kier molecular flexibility index (Phi) is 8.22. The van der Waals surface area contributed by atoms with Crippen molar-refractivity contribution in [2.75, 3.05) is 38.6 Å². The zero-order valence-electron chi connectivity index (χ0n) is 18.5. The number of nitrogens with one attached hydrogen (secondary N) is 1. The van der Waals surface area contributed by atoms with Gasteiger partial charge in [0.05, 0.1) is 10.9 Å². The predicted octanol–water partition coefficient (Wildman–Crippen LogP) is 3.34. The van der Waals surface area contributed by atoms with Crippen molar-refractivity contribution in [2.24, 2.45) is 0 Å². The van der Waals surface area contributed by atoms with Crippen molar-refractivity contribution in [1.29, 1.82) is 0 Å². The molecule has 1 N–H and O–H groups in total. The molecule has 0 bridgehead atoms. The van der Waals surface area contributed by atoms with Crippen molar-refractivity contribution >= 4 is 21.6 Å². The number of nitrogens with zero attached hydrogens (tertiary/aromatic N) is 2. The summed E-state index contributed by atoms with van der Waals surface area (Å²) in [5.41, 5.74) is 0.537. The number of halogens is 1. The summed E-state index contributed by atoms with van der Waals surface area (Å²) in [7, 11) is -1.68. The van der Waals surface area contributed by atoms with Crippen molar-refractivity contribution in [3.8, 4) is 5.75 Å². The predicted molar refractivity (Wildman–Crippen MR) is 122 cm³/mol. The van der Waals surface area contributed by atoms with Crippen LogP contribution in [0.25, 0.3) is 0 Å². The van der Waals surface area contributed by atoms with Gasteiger partial charge in [-0.05, 0) is 75.3 Å². The Morgan fingerprint density at radius 2 is 1.72 bits per heavy atom. The van der Waals surface area contributed by atoms with Gasteiger partial charge in [-0.25, -0.2) is 12.8 Å². The highest BCUT2D eigenvalue weighted by Gasteiger charge is 2.26. The molecule has 9 heteroatoms. The van der Waals surface area contributed by atoms with Gasteiger partial charge in [0.25, 0.3) is 0 Å². The number of rotatable bonds is 9. The van der Waals surface area contributed by atoms with E-state index < -0.39 is 16.1 Å². The Hall–Kier alpha value is -2.49. The molecule has 7 nitrogen and oxygen atoms in total. The van der Waals surface area contributed by atoms with E-state index in [1.165, 1.54) is 28.6 Å². The van der Waals surface area contributed by atoms with Gasteiger partial charge in [-0.15, -0.1) is 0 Å². The molecule has 1 unspecified atom stereocenters. The number of benzene rings is 2. The first-order valence-corrected chi connectivity index (χ1v) is 12.2. The molecule has 1 amide bonds. The molecule has 0 spiro atoms. The second-order valence-corrected chi connectivity index (χ2v) is 9.88. The molecular weight excluding hydrogens is 433 g/mol. The number of hydrogen-bond donors (Lipinski definition) is 1. The summed E-state index contributed by atoms with van der Waals surface area (Å²) in [5, 5.41) is 2.82. The van der Waals surface area contributed by atoms with Crippen LogP contribution in [-0.4, -0.2) is 62.9 Å². The molecule has 1 atom stereocenters. The monoisotopic (exact) mass is 463 g/mol. The van der Waals surface area contributed by atoms with Crippen LogP contribution in [0.15, 0.2) is 53.4 Å². The zero-order valence-corrected chi connectivity index (χ0v) is 19.3. The Bertz CT molecular complexity index is 991. The average molecular weight is 464 g/mol. The normalized spacial score (nSPS) is 16.0. The van der Waals surface area contributed by atoms with E-state index in [2.05, 4.69) is 5.32 Å².